The van der Waals surface area contributed by atoms with E-state index in [0.29, 0.717) is 16.8 Å². The molecule has 0 aromatic heterocycles. The van der Waals surface area contributed by atoms with Gasteiger partial charge in [-0.15, -0.1) is 0 Å². The predicted molar refractivity (Wildman–Crippen MR) is 88.5 cm³/mol. The van der Waals surface area contributed by atoms with Crippen molar-refractivity contribution in [2.75, 3.05) is 5.32 Å². The van der Waals surface area contributed by atoms with E-state index in [1.807, 2.05) is 0 Å². The minimum absolute atomic E-state index is 0.0898. The molecule has 0 unspecified atom stereocenters. The molecule has 110 valence electrons. The molecule has 22 heavy (non-hydrogen) atoms. The van der Waals surface area contributed by atoms with Crippen LogP contribution < -0.4 is 5.32 Å². The summed E-state index contributed by atoms with van der Waals surface area (Å²) in [5.41, 5.74) is 1.76. The summed E-state index contributed by atoms with van der Waals surface area (Å²) in [5, 5.41) is 13.8. The highest BCUT2D eigenvalue weighted by molar-refractivity contribution is 9.10. The van der Waals surface area contributed by atoms with Gasteiger partial charge in [-0.3, -0.25) is 14.9 Å². The first kappa shape index (κ1) is 14.7. The largest absolute Gasteiger partial charge is 0.321 e. The van der Waals surface area contributed by atoms with E-state index >= 15 is 0 Å². The van der Waals surface area contributed by atoms with Crippen molar-refractivity contribution in [3.63, 3.8) is 0 Å². The van der Waals surface area contributed by atoms with Crippen LogP contribution in [0.15, 0.2) is 46.9 Å². The van der Waals surface area contributed by atoms with Crippen LogP contribution in [0.25, 0.3) is 10.6 Å². The van der Waals surface area contributed by atoms with Crippen molar-refractivity contribution < 1.29 is 9.72 Å². The average molecular weight is 380 g/mol. The fourth-order valence-corrected chi connectivity index (χ4v) is 2.81. The first-order chi connectivity index (χ1) is 10.5. The molecule has 1 N–H and O–H groups in total. The van der Waals surface area contributed by atoms with Gasteiger partial charge < -0.3 is 5.32 Å². The maximum absolute atomic E-state index is 12.2. The Hall–Kier alpha value is -2.18. The summed E-state index contributed by atoms with van der Waals surface area (Å²) in [6.45, 7) is 0. The van der Waals surface area contributed by atoms with Crippen molar-refractivity contribution >= 4 is 55.4 Å². The molecule has 0 aliphatic carbocycles. The van der Waals surface area contributed by atoms with Crippen molar-refractivity contribution in [1.29, 1.82) is 0 Å². The highest BCUT2D eigenvalue weighted by atomic mass is 79.9. The van der Waals surface area contributed by atoms with E-state index in [1.54, 1.807) is 24.3 Å². The molecule has 0 saturated carbocycles. The van der Waals surface area contributed by atoms with Crippen molar-refractivity contribution in [3.05, 3.63) is 68.2 Å². The number of fused-ring (bicyclic) bond motifs is 1. The number of carbonyl (C=O) groups is 1. The van der Waals surface area contributed by atoms with Gasteiger partial charge in [0.15, 0.2) is 0 Å². The molecule has 1 amide bonds. The predicted octanol–water partition coefficient (Wildman–Crippen LogP) is 4.42. The Bertz CT molecular complexity index is 831. The molecule has 1 aliphatic rings. The van der Waals surface area contributed by atoms with E-state index in [1.165, 1.54) is 18.2 Å². The van der Waals surface area contributed by atoms with Crippen LogP contribution in [0.5, 0.6) is 0 Å². The van der Waals surface area contributed by atoms with E-state index in [-0.39, 0.29) is 22.2 Å². The first-order valence-electron chi connectivity index (χ1n) is 6.23. The molecule has 0 atom stereocenters. The third kappa shape index (κ3) is 2.51. The number of non-ortho nitro benzene ring substituents is 1. The van der Waals surface area contributed by atoms with Crippen LogP contribution >= 0.6 is 27.5 Å². The molecule has 1 heterocycles. The number of hydrogen-bond acceptors (Lipinski definition) is 3. The lowest BCUT2D eigenvalue weighted by Crippen LogP contribution is -2.04. The molecule has 5 nitrogen and oxygen atoms in total. The quantitative estimate of drug-likeness (QED) is 0.477. The fourth-order valence-electron chi connectivity index (χ4n) is 2.23. The third-order valence-electron chi connectivity index (χ3n) is 3.28. The zero-order valence-electron chi connectivity index (χ0n) is 11.0. The molecular weight excluding hydrogens is 372 g/mol. The average Bonchev–Trinajstić information content (AvgIpc) is 2.82. The monoisotopic (exact) mass is 378 g/mol. The SMILES string of the molecule is O=C1Nc2ccc([N+](=O)[O-])cc2/C1=C(\Cl)c1ccc(Br)cc1. The van der Waals surface area contributed by atoms with Gasteiger partial charge in [-0.1, -0.05) is 39.7 Å². The van der Waals surface area contributed by atoms with Crippen LogP contribution in [0.2, 0.25) is 0 Å². The summed E-state index contributed by atoms with van der Waals surface area (Å²) in [6.07, 6.45) is 0. The van der Waals surface area contributed by atoms with E-state index < -0.39 is 4.92 Å². The lowest BCUT2D eigenvalue weighted by atomic mass is 10.0. The summed E-state index contributed by atoms with van der Waals surface area (Å²) < 4.78 is 0.887. The number of rotatable bonds is 2. The number of hydrogen-bond donors (Lipinski definition) is 1. The van der Waals surface area contributed by atoms with E-state index in [4.69, 9.17) is 11.6 Å². The molecule has 7 heteroatoms. The Balaban J connectivity index is 2.18. The Morgan fingerprint density at radius 1 is 1.18 bits per heavy atom. The van der Waals surface area contributed by atoms with Crippen molar-refractivity contribution in [2.45, 2.75) is 0 Å². The number of carbonyl (C=O) groups excluding carboxylic acids is 1. The van der Waals surface area contributed by atoms with Gasteiger partial charge in [-0.25, -0.2) is 0 Å². The topological polar surface area (TPSA) is 72.2 Å². The standard InChI is InChI=1S/C15H8BrClN2O3/c16-9-3-1-8(2-4-9)14(17)13-11-7-10(19(21)22)5-6-12(11)18-15(13)20/h1-7H,(H,18,20)/b14-13+. The van der Waals surface area contributed by atoms with E-state index in [2.05, 4.69) is 21.2 Å². The summed E-state index contributed by atoms with van der Waals surface area (Å²) >= 11 is 9.68. The van der Waals surface area contributed by atoms with Crippen LogP contribution in [0.1, 0.15) is 11.1 Å². The minimum atomic E-state index is -0.506. The Labute approximate surface area is 138 Å². The highest BCUT2D eigenvalue weighted by Gasteiger charge is 2.29. The van der Waals surface area contributed by atoms with Crippen molar-refractivity contribution in [2.24, 2.45) is 0 Å². The van der Waals surface area contributed by atoms with Crippen LogP contribution in [0, 0.1) is 10.1 Å². The van der Waals surface area contributed by atoms with Crippen molar-refractivity contribution in [1.82, 2.24) is 0 Å². The zero-order chi connectivity index (χ0) is 15.9. The van der Waals surface area contributed by atoms with Gasteiger partial charge in [0.05, 0.1) is 15.5 Å². The molecular formula is C15H8BrClN2O3. The summed E-state index contributed by atoms with van der Waals surface area (Å²) in [4.78, 5) is 22.6. The maximum atomic E-state index is 12.2. The molecule has 0 fully saturated rings. The van der Waals surface area contributed by atoms with E-state index in [0.717, 1.165) is 4.47 Å². The number of nitrogens with zero attached hydrogens (tertiary/aromatic N) is 1. The first-order valence-corrected chi connectivity index (χ1v) is 7.40. The maximum Gasteiger partial charge on any atom is 0.270 e. The van der Waals surface area contributed by atoms with Gasteiger partial charge in [-0.2, -0.15) is 0 Å². The number of amides is 1. The molecule has 0 radical (unpaired) electrons. The van der Waals surface area contributed by atoms with Crippen LogP contribution in [-0.4, -0.2) is 10.8 Å². The summed E-state index contributed by atoms with van der Waals surface area (Å²) in [7, 11) is 0. The van der Waals surface area contributed by atoms with Gasteiger partial charge in [-0.05, 0) is 23.8 Å². The van der Waals surface area contributed by atoms with Gasteiger partial charge in [0.1, 0.15) is 0 Å². The number of nitro groups is 1. The Kier molecular flexibility index (Phi) is 3.72. The molecule has 2 aromatic carbocycles. The second kappa shape index (κ2) is 5.55. The minimum Gasteiger partial charge on any atom is -0.321 e. The van der Waals surface area contributed by atoms with Gasteiger partial charge in [0.25, 0.3) is 11.6 Å². The summed E-state index contributed by atoms with van der Waals surface area (Å²) in [5.74, 6) is -0.372. The Morgan fingerprint density at radius 2 is 1.86 bits per heavy atom. The molecule has 0 spiro atoms. The molecule has 3 rings (SSSR count). The third-order valence-corrected chi connectivity index (χ3v) is 4.21. The second-order valence-electron chi connectivity index (χ2n) is 4.64. The second-order valence-corrected chi connectivity index (χ2v) is 5.93. The number of anilines is 1. The smallest absolute Gasteiger partial charge is 0.270 e. The van der Waals surface area contributed by atoms with Gasteiger partial charge >= 0.3 is 0 Å². The fraction of sp³-hybridized carbons (Fsp3) is 0. The molecule has 1 aliphatic heterocycles. The number of halogens is 2. The molecule has 0 bridgehead atoms. The molecule has 2 aromatic rings. The molecule has 0 saturated heterocycles. The van der Waals surface area contributed by atoms with Gasteiger partial charge in [0.2, 0.25) is 0 Å². The van der Waals surface area contributed by atoms with Crippen molar-refractivity contribution in [3.8, 4) is 0 Å². The normalized spacial score (nSPS) is 15.3. The highest BCUT2D eigenvalue weighted by Crippen LogP contribution is 2.40. The number of nitrogens with one attached hydrogen (secondary N) is 1. The lowest BCUT2D eigenvalue weighted by Gasteiger charge is -2.04. The zero-order valence-corrected chi connectivity index (χ0v) is 13.3. The number of nitro benzene ring substituents is 1. The summed E-state index contributed by atoms with van der Waals surface area (Å²) in [6, 6.07) is 11.3. The van der Waals surface area contributed by atoms with Crippen LogP contribution in [0.3, 0.4) is 0 Å². The van der Waals surface area contributed by atoms with Gasteiger partial charge in [0, 0.05) is 27.9 Å². The number of benzene rings is 2. The van der Waals surface area contributed by atoms with E-state index in [9.17, 15) is 14.9 Å². The van der Waals surface area contributed by atoms with Crippen LogP contribution in [-0.2, 0) is 4.79 Å². The van der Waals surface area contributed by atoms with Crippen LogP contribution in [0.4, 0.5) is 11.4 Å². The lowest BCUT2D eigenvalue weighted by molar-refractivity contribution is -0.384. The Morgan fingerprint density at radius 3 is 2.50 bits per heavy atom.